The number of rotatable bonds is 4. The minimum absolute atomic E-state index is 0.0788. The Morgan fingerprint density at radius 1 is 1.35 bits per heavy atom. The van der Waals surface area contributed by atoms with Crippen molar-refractivity contribution in [1.29, 1.82) is 0 Å². The molecule has 1 fully saturated rings. The van der Waals surface area contributed by atoms with Gasteiger partial charge in [-0.1, -0.05) is 17.7 Å². The Morgan fingerprint density at radius 2 is 2.00 bits per heavy atom. The average Bonchev–Trinajstić information content (AvgIpc) is 2.97. The molecule has 0 heterocycles. The molecule has 2 rings (SSSR count). The van der Waals surface area contributed by atoms with E-state index >= 15 is 0 Å². The van der Waals surface area contributed by atoms with E-state index in [-0.39, 0.29) is 11.6 Å². The summed E-state index contributed by atoms with van der Waals surface area (Å²) in [5.41, 5.74) is 8.77. The zero-order chi connectivity index (χ0) is 12.6. The fraction of sp³-hybridized carbons (Fsp3) is 0.571. The lowest BCUT2D eigenvalue weighted by molar-refractivity contribution is 0.239. The molecule has 0 radical (unpaired) electrons. The first-order valence-electron chi connectivity index (χ1n) is 6.08. The highest BCUT2D eigenvalue weighted by molar-refractivity contribution is 5.42. The number of ether oxygens (including phenoxy) is 1. The molecule has 0 saturated heterocycles. The predicted molar refractivity (Wildman–Crippen MR) is 70.3 cm³/mol. The normalized spacial score (nSPS) is 19.2. The molecular formula is C14H22N2O. The van der Waals surface area contributed by atoms with Gasteiger partial charge in [-0.15, -0.1) is 0 Å². The van der Waals surface area contributed by atoms with Crippen molar-refractivity contribution in [2.24, 2.45) is 5.73 Å². The molecule has 0 aliphatic heterocycles. The van der Waals surface area contributed by atoms with E-state index < -0.39 is 0 Å². The molecule has 1 saturated carbocycles. The molecule has 17 heavy (non-hydrogen) atoms. The number of hydrogen-bond donors (Lipinski definition) is 1. The Hall–Kier alpha value is -1.06. The van der Waals surface area contributed by atoms with Gasteiger partial charge < -0.3 is 15.4 Å². The van der Waals surface area contributed by atoms with Crippen molar-refractivity contribution in [3.63, 3.8) is 0 Å². The molecule has 1 unspecified atom stereocenters. The molecule has 1 aliphatic carbocycles. The van der Waals surface area contributed by atoms with Gasteiger partial charge >= 0.3 is 0 Å². The van der Waals surface area contributed by atoms with Crippen LogP contribution < -0.4 is 10.5 Å². The zero-order valence-corrected chi connectivity index (χ0v) is 11.2. The third kappa shape index (κ3) is 2.31. The maximum atomic E-state index is 6.40. The van der Waals surface area contributed by atoms with Crippen molar-refractivity contribution < 1.29 is 4.74 Å². The Labute approximate surface area is 104 Å². The summed E-state index contributed by atoms with van der Waals surface area (Å²) >= 11 is 0. The van der Waals surface area contributed by atoms with E-state index in [2.05, 4.69) is 38.1 Å². The van der Waals surface area contributed by atoms with E-state index in [4.69, 9.17) is 10.5 Å². The molecule has 0 aromatic heterocycles. The second-order valence-electron chi connectivity index (χ2n) is 5.34. The van der Waals surface area contributed by atoms with E-state index in [0.717, 1.165) is 18.6 Å². The molecule has 94 valence electrons. The van der Waals surface area contributed by atoms with Gasteiger partial charge in [-0.05, 0) is 39.9 Å². The number of methoxy groups -OCH3 is 1. The molecule has 0 spiro atoms. The molecule has 3 heteroatoms. The van der Waals surface area contributed by atoms with E-state index in [1.54, 1.807) is 7.11 Å². The quantitative estimate of drug-likeness (QED) is 0.867. The molecular weight excluding hydrogens is 212 g/mol. The second kappa shape index (κ2) is 4.31. The van der Waals surface area contributed by atoms with Gasteiger partial charge in [0.2, 0.25) is 0 Å². The maximum Gasteiger partial charge on any atom is 0.123 e. The van der Waals surface area contributed by atoms with Crippen molar-refractivity contribution in [2.75, 3.05) is 21.2 Å². The monoisotopic (exact) mass is 234 g/mol. The van der Waals surface area contributed by atoms with Crippen LogP contribution in [0.15, 0.2) is 18.2 Å². The fourth-order valence-corrected chi connectivity index (χ4v) is 2.59. The van der Waals surface area contributed by atoms with Crippen LogP contribution in [0.2, 0.25) is 0 Å². The molecule has 3 nitrogen and oxygen atoms in total. The summed E-state index contributed by atoms with van der Waals surface area (Å²) in [6.45, 7) is 2.10. The number of nitrogens with zero attached hydrogens (tertiary/aromatic N) is 1. The van der Waals surface area contributed by atoms with Gasteiger partial charge in [-0.25, -0.2) is 0 Å². The van der Waals surface area contributed by atoms with Gasteiger partial charge in [0.15, 0.2) is 0 Å². The minimum Gasteiger partial charge on any atom is -0.496 e. The van der Waals surface area contributed by atoms with Crippen molar-refractivity contribution in [3.05, 3.63) is 29.3 Å². The predicted octanol–water partition coefficient (Wildman–Crippen LogP) is 2.10. The average molecular weight is 234 g/mol. The summed E-state index contributed by atoms with van der Waals surface area (Å²) < 4.78 is 5.47. The third-order valence-corrected chi connectivity index (χ3v) is 3.57. The molecule has 0 amide bonds. The molecule has 1 atom stereocenters. The Balaban J connectivity index is 2.45. The first-order chi connectivity index (χ1) is 7.98. The van der Waals surface area contributed by atoms with Crippen LogP contribution in [-0.4, -0.2) is 31.6 Å². The van der Waals surface area contributed by atoms with Gasteiger partial charge in [0, 0.05) is 11.1 Å². The topological polar surface area (TPSA) is 38.5 Å². The Bertz CT molecular complexity index is 411. The fourth-order valence-electron chi connectivity index (χ4n) is 2.59. The van der Waals surface area contributed by atoms with Crippen molar-refractivity contribution in [2.45, 2.75) is 31.3 Å². The van der Waals surface area contributed by atoms with Gasteiger partial charge in [-0.2, -0.15) is 0 Å². The lowest BCUT2D eigenvalue weighted by atomic mass is 9.94. The summed E-state index contributed by atoms with van der Waals surface area (Å²) in [5.74, 6) is 0.936. The SMILES string of the molecule is COc1ccc(C)cc1C(N(C)C)C1(N)CC1. The highest BCUT2D eigenvalue weighted by atomic mass is 16.5. The van der Waals surface area contributed by atoms with Crippen LogP contribution in [0.5, 0.6) is 5.75 Å². The number of hydrogen-bond acceptors (Lipinski definition) is 3. The van der Waals surface area contributed by atoms with Crippen molar-refractivity contribution >= 4 is 0 Å². The molecule has 2 N–H and O–H groups in total. The summed E-state index contributed by atoms with van der Waals surface area (Å²) in [6.07, 6.45) is 2.18. The van der Waals surface area contributed by atoms with Crippen molar-refractivity contribution in [1.82, 2.24) is 4.90 Å². The van der Waals surface area contributed by atoms with Crippen LogP contribution in [0.25, 0.3) is 0 Å². The van der Waals surface area contributed by atoms with Crippen LogP contribution >= 0.6 is 0 Å². The molecule has 0 bridgehead atoms. The van der Waals surface area contributed by atoms with Crippen LogP contribution in [0.3, 0.4) is 0 Å². The smallest absolute Gasteiger partial charge is 0.123 e. The van der Waals surface area contributed by atoms with Gasteiger partial charge in [-0.3, -0.25) is 0 Å². The standard InChI is InChI=1S/C14H22N2O/c1-10-5-6-12(17-4)11(9-10)13(16(2)3)14(15)7-8-14/h5-6,9,13H,7-8,15H2,1-4H3. The van der Waals surface area contributed by atoms with Gasteiger partial charge in [0.1, 0.15) is 5.75 Å². The van der Waals surface area contributed by atoms with Crippen LogP contribution in [0.4, 0.5) is 0 Å². The molecule has 1 aromatic rings. The first kappa shape index (κ1) is 12.4. The Kier molecular flexibility index (Phi) is 3.15. The van der Waals surface area contributed by atoms with Crippen LogP contribution in [-0.2, 0) is 0 Å². The number of nitrogens with two attached hydrogens (primary N) is 1. The Morgan fingerprint density at radius 3 is 2.47 bits per heavy atom. The van der Waals surface area contributed by atoms with E-state index in [1.165, 1.54) is 11.1 Å². The summed E-state index contributed by atoms with van der Waals surface area (Å²) in [7, 11) is 5.88. The minimum atomic E-state index is -0.0788. The second-order valence-corrected chi connectivity index (χ2v) is 5.34. The number of aryl methyl sites for hydroxylation is 1. The van der Waals surface area contributed by atoms with E-state index in [0.29, 0.717) is 0 Å². The lowest BCUT2D eigenvalue weighted by Gasteiger charge is -2.31. The zero-order valence-electron chi connectivity index (χ0n) is 11.2. The van der Waals surface area contributed by atoms with Crippen LogP contribution in [0, 0.1) is 6.92 Å². The maximum absolute atomic E-state index is 6.40. The van der Waals surface area contributed by atoms with Gasteiger partial charge in [0.05, 0.1) is 13.2 Å². The summed E-state index contributed by atoms with van der Waals surface area (Å²) in [4.78, 5) is 2.20. The summed E-state index contributed by atoms with van der Waals surface area (Å²) in [5, 5.41) is 0. The first-order valence-corrected chi connectivity index (χ1v) is 6.08. The largest absolute Gasteiger partial charge is 0.496 e. The number of benzene rings is 1. The molecule has 1 aliphatic rings. The lowest BCUT2D eigenvalue weighted by Crippen LogP contribution is -2.39. The highest BCUT2D eigenvalue weighted by Crippen LogP contribution is 2.48. The molecule has 1 aromatic carbocycles. The van der Waals surface area contributed by atoms with E-state index in [9.17, 15) is 0 Å². The highest BCUT2D eigenvalue weighted by Gasteiger charge is 2.48. The van der Waals surface area contributed by atoms with E-state index in [1.807, 2.05) is 6.07 Å². The number of likely N-dealkylation sites (N-methyl/N-ethyl adjacent to an activating group) is 1. The van der Waals surface area contributed by atoms with Crippen molar-refractivity contribution in [3.8, 4) is 5.75 Å². The van der Waals surface area contributed by atoms with Crippen LogP contribution in [0.1, 0.15) is 30.0 Å². The third-order valence-electron chi connectivity index (χ3n) is 3.57. The van der Waals surface area contributed by atoms with Gasteiger partial charge in [0.25, 0.3) is 0 Å². The summed E-state index contributed by atoms with van der Waals surface area (Å²) in [6, 6.07) is 6.53.